The van der Waals surface area contributed by atoms with Gasteiger partial charge in [0.15, 0.2) is 0 Å². The Kier molecular flexibility index (Phi) is 2.64. The highest BCUT2D eigenvalue weighted by Gasteiger charge is 2.18. The molecule has 2 heteroatoms. The fourth-order valence-corrected chi connectivity index (χ4v) is 4.20. The van der Waals surface area contributed by atoms with E-state index in [0.29, 0.717) is 0 Å². The van der Waals surface area contributed by atoms with Crippen molar-refractivity contribution in [1.82, 2.24) is 9.55 Å². The number of nitrogens with one attached hydrogen (secondary N) is 1. The summed E-state index contributed by atoms with van der Waals surface area (Å²) in [4.78, 5) is 3.66. The van der Waals surface area contributed by atoms with Gasteiger partial charge in [-0.3, -0.25) is 0 Å². The largest absolute Gasteiger partial charge is 0.353 e. The molecule has 6 rings (SSSR count). The number of hydrogen-bond acceptors (Lipinski definition) is 0. The van der Waals surface area contributed by atoms with E-state index in [1.807, 2.05) is 0 Å². The zero-order chi connectivity index (χ0) is 17.1. The number of nitrogens with zero attached hydrogens (tertiary/aromatic N) is 1. The fraction of sp³-hybridized carbons (Fsp3) is 0. The lowest BCUT2D eigenvalue weighted by Crippen LogP contribution is -1.93. The molecule has 0 saturated heterocycles. The van der Waals surface area contributed by atoms with Crippen molar-refractivity contribution >= 4 is 43.6 Å². The van der Waals surface area contributed by atoms with E-state index < -0.39 is 0 Å². The predicted molar refractivity (Wildman–Crippen MR) is 110 cm³/mol. The molecule has 0 amide bonds. The van der Waals surface area contributed by atoms with Gasteiger partial charge in [-0.05, 0) is 23.6 Å². The van der Waals surface area contributed by atoms with Crippen molar-refractivity contribution in [2.24, 2.45) is 0 Å². The molecule has 0 saturated carbocycles. The lowest BCUT2D eigenvalue weighted by molar-refractivity contribution is 1.19. The summed E-state index contributed by atoms with van der Waals surface area (Å²) in [5, 5.41) is 5.06. The first-order valence-corrected chi connectivity index (χ1v) is 8.90. The molecule has 6 aromatic rings. The van der Waals surface area contributed by atoms with Crippen LogP contribution in [0.15, 0.2) is 91.0 Å². The quantitative estimate of drug-likeness (QED) is 0.359. The maximum Gasteiger partial charge on any atom is 0.0798 e. The standard InChI is InChI=1S/C24H16N2/c1-2-9-17(10-3-1)26-23-18-11-5-4-8-16(18)14-15-20(23)22-24(26)19-12-6-7-13-21(19)25-22/h1-15,25H. The number of aromatic amines is 1. The van der Waals surface area contributed by atoms with Crippen LogP contribution in [0.1, 0.15) is 0 Å². The number of benzene rings is 4. The third kappa shape index (κ3) is 1.71. The summed E-state index contributed by atoms with van der Waals surface area (Å²) in [6, 6.07) is 32.3. The second-order valence-electron chi connectivity index (χ2n) is 6.75. The monoisotopic (exact) mass is 332 g/mol. The molecule has 0 spiro atoms. The molecule has 2 heterocycles. The Balaban J connectivity index is 1.96. The van der Waals surface area contributed by atoms with E-state index in [4.69, 9.17) is 0 Å². The smallest absolute Gasteiger partial charge is 0.0798 e. The molecule has 0 atom stereocenters. The first-order chi connectivity index (χ1) is 12.9. The van der Waals surface area contributed by atoms with Crippen LogP contribution in [0.2, 0.25) is 0 Å². The van der Waals surface area contributed by atoms with Gasteiger partial charge in [-0.25, -0.2) is 0 Å². The van der Waals surface area contributed by atoms with Crippen molar-refractivity contribution < 1.29 is 0 Å². The Hall–Kier alpha value is -3.52. The predicted octanol–water partition coefficient (Wildman–Crippen LogP) is 6.42. The van der Waals surface area contributed by atoms with Crippen LogP contribution in [0.25, 0.3) is 49.3 Å². The zero-order valence-electron chi connectivity index (χ0n) is 14.1. The summed E-state index contributed by atoms with van der Waals surface area (Å²) < 4.78 is 2.41. The van der Waals surface area contributed by atoms with Gasteiger partial charge in [0.2, 0.25) is 0 Å². The highest BCUT2D eigenvalue weighted by atomic mass is 15.0. The molecule has 4 aromatic carbocycles. The fourth-order valence-electron chi connectivity index (χ4n) is 4.20. The average Bonchev–Trinajstić information content (AvgIpc) is 3.23. The summed E-state index contributed by atoms with van der Waals surface area (Å²) in [6.45, 7) is 0. The number of para-hydroxylation sites is 2. The molecule has 0 aliphatic carbocycles. The molecule has 0 unspecified atom stereocenters. The van der Waals surface area contributed by atoms with Crippen molar-refractivity contribution in [2.45, 2.75) is 0 Å². The van der Waals surface area contributed by atoms with Crippen LogP contribution in [-0.4, -0.2) is 9.55 Å². The van der Waals surface area contributed by atoms with Crippen molar-refractivity contribution in [3.8, 4) is 5.69 Å². The SMILES string of the molecule is c1ccc(-n2c3c4ccccc4ccc3c3[nH]c4ccccc4c32)cc1. The maximum atomic E-state index is 3.66. The molecule has 0 bridgehead atoms. The summed E-state index contributed by atoms with van der Waals surface area (Å²) >= 11 is 0. The molecule has 2 aromatic heterocycles. The molecule has 1 N–H and O–H groups in total. The van der Waals surface area contributed by atoms with E-state index in [0.717, 1.165) is 0 Å². The van der Waals surface area contributed by atoms with Crippen LogP contribution in [-0.2, 0) is 0 Å². The number of fused-ring (bicyclic) bond motifs is 7. The van der Waals surface area contributed by atoms with Crippen molar-refractivity contribution in [1.29, 1.82) is 0 Å². The van der Waals surface area contributed by atoms with Crippen LogP contribution in [0.3, 0.4) is 0 Å². The number of aromatic nitrogens is 2. The summed E-state index contributed by atoms with van der Waals surface area (Å²) in [5.74, 6) is 0. The van der Waals surface area contributed by atoms with Gasteiger partial charge >= 0.3 is 0 Å². The molecular formula is C24H16N2. The lowest BCUT2D eigenvalue weighted by Gasteiger charge is -2.10. The Morgan fingerprint density at radius 3 is 2.15 bits per heavy atom. The highest BCUT2D eigenvalue weighted by Crippen LogP contribution is 2.39. The normalized spacial score (nSPS) is 11.8. The van der Waals surface area contributed by atoms with Crippen LogP contribution >= 0.6 is 0 Å². The number of hydrogen-bond donors (Lipinski definition) is 1. The topological polar surface area (TPSA) is 20.7 Å². The molecule has 0 aliphatic heterocycles. The van der Waals surface area contributed by atoms with Crippen molar-refractivity contribution in [3.63, 3.8) is 0 Å². The summed E-state index contributed by atoms with van der Waals surface area (Å²) in [7, 11) is 0. The van der Waals surface area contributed by atoms with E-state index in [1.165, 1.54) is 49.3 Å². The van der Waals surface area contributed by atoms with Crippen LogP contribution in [0, 0.1) is 0 Å². The van der Waals surface area contributed by atoms with Gasteiger partial charge in [-0.15, -0.1) is 0 Å². The highest BCUT2D eigenvalue weighted by molar-refractivity contribution is 6.23. The van der Waals surface area contributed by atoms with E-state index >= 15 is 0 Å². The third-order valence-corrected chi connectivity index (χ3v) is 5.31. The van der Waals surface area contributed by atoms with Gasteiger partial charge in [0.25, 0.3) is 0 Å². The van der Waals surface area contributed by atoms with Gasteiger partial charge in [0.05, 0.1) is 16.6 Å². The summed E-state index contributed by atoms with van der Waals surface area (Å²) in [6.07, 6.45) is 0. The number of H-pyrrole nitrogens is 1. The van der Waals surface area contributed by atoms with Crippen molar-refractivity contribution in [2.75, 3.05) is 0 Å². The van der Waals surface area contributed by atoms with Crippen molar-refractivity contribution in [3.05, 3.63) is 91.0 Å². The molecule has 2 nitrogen and oxygen atoms in total. The Morgan fingerprint density at radius 1 is 0.538 bits per heavy atom. The number of rotatable bonds is 1. The molecular weight excluding hydrogens is 316 g/mol. The van der Waals surface area contributed by atoms with Gasteiger partial charge < -0.3 is 9.55 Å². The Labute approximate surface area is 150 Å². The minimum atomic E-state index is 1.18. The third-order valence-electron chi connectivity index (χ3n) is 5.31. The summed E-state index contributed by atoms with van der Waals surface area (Å²) in [5.41, 5.74) is 6.08. The minimum Gasteiger partial charge on any atom is -0.353 e. The van der Waals surface area contributed by atoms with E-state index in [9.17, 15) is 0 Å². The second kappa shape index (κ2) is 4.99. The average molecular weight is 332 g/mol. The lowest BCUT2D eigenvalue weighted by atomic mass is 10.1. The zero-order valence-corrected chi connectivity index (χ0v) is 14.1. The first-order valence-electron chi connectivity index (χ1n) is 8.90. The van der Waals surface area contributed by atoms with E-state index in [-0.39, 0.29) is 0 Å². The van der Waals surface area contributed by atoms with Gasteiger partial charge in [0, 0.05) is 27.4 Å². The van der Waals surface area contributed by atoms with Crippen LogP contribution < -0.4 is 0 Å². The second-order valence-corrected chi connectivity index (χ2v) is 6.75. The van der Waals surface area contributed by atoms with E-state index in [2.05, 4.69) is 101 Å². The Bertz CT molecular complexity index is 1410. The molecule has 0 aliphatic rings. The first kappa shape index (κ1) is 13.7. The molecule has 122 valence electrons. The van der Waals surface area contributed by atoms with E-state index in [1.54, 1.807) is 0 Å². The van der Waals surface area contributed by atoms with Crippen LogP contribution in [0.4, 0.5) is 0 Å². The van der Waals surface area contributed by atoms with Gasteiger partial charge in [-0.1, -0.05) is 72.8 Å². The maximum absolute atomic E-state index is 3.66. The van der Waals surface area contributed by atoms with Gasteiger partial charge in [-0.2, -0.15) is 0 Å². The molecule has 0 fully saturated rings. The molecule has 26 heavy (non-hydrogen) atoms. The molecule has 0 radical (unpaired) electrons. The van der Waals surface area contributed by atoms with Gasteiger partial charge in [0.1, 0.15) is 0 Å². The minimum absolute atomic E-state index is 1.18. The Morgan fingerprint density at radius 2 is 1.27 bits per heavy atom. The van der Waals surface area contributed by atoms with Crippen LogP contribution in [0.5, 0.6) is 0 Å².